The van der Waals surface area contributed by atoms with E-state index >= 15 is 0 Å². The van der Waals surface area contributed by atoms with E-state index in [1.807, 2.05) is 65.0 Å². The Labute approximate surface area is 240 Å². The van der Waals surface area contributed by atoms with E-state index < -0.39 is 28.5 Å². The summed E-state index contributed by atoms with van der Waals surface area (Å²) in [6, 6.07) is 18.5. The van der Waals surface area contributed by atoms with Crippen LogP contribution < -0.4 is 9.62 Å². The maximum absolute atomic E-state index is 14.0. The second kappa shape index (κ2) is 12.8. The Morgan fingerprint density at radius 3 is 2.18 bits per heavy atom. The highest BCUT2D eigenvalue weighted by Crippen LogP contribution is 2.29. The van der Waals surface area contributed by atoms with Crippen molar-refractivity contribution < 1.29 is 18.0 Å². The van der Waals surface area contributed by atoms with Crippen LogP contribution in [-0.2, 0) is 26.2 Å². The number of aryl methyl sites for hydroxylation is 2. The van der Waals surface area contributed by atoms with Gasteiger partial charge in [-0.1, -0.05) is 57.9 Å². The van der Waals surface area contributed by atoms with Gasteiger partial charge in [0.05, 0.1) is 10.6 Å². The van der Waals surface area contributed by atoms with Gasteiger partial charge in [-0.2, -0.15) is 0 Å². The van der Waals surface area contributed by atoms with Crippen LogP contribution in [0.25, 0.3) is 0 Å². The maximum Gasteiger partial charge on any atom is 0.264 e. The molecule has 0 saturated heterocycles. The van der Waals surface area contributed by atoms with Gasteiger partial charge in [-0.25, -0.2) is 8.42 Å². The summed E-state index contributed by atoms with van der Waals surface area (Å²) in [5.41, 5.74) is 3.81. The zero-order valence-corrected chi connectivity index (χ0v) is 25.6. The molecule has 1 atom stereocenters. The van der Waals surface area contributed by atoms with Crippen molar-refractivity contribution in [3.63, 3.8) is 0 Å². The molecule has 0 aliphatic carbocycles. The Hall–Kier alpha value is -3.17. The number of halogens is 1. The number of anilines is 1. The number of nitrogens with zero attached hydrogens (tertiary/aromatic N) is 2. The van der Waals surface area contributed by atoms with Gasteiger partial charge in [-0.05, 0) is 88.6 Å². The fourth-order valence-electron chi connectivity index (χ4n) is 4.18. The highest BCUT2D eigenvalue weighted by atomic mass is 79.9. The van der Waals surface area contributed by atoms with Gasteiger partial charge in [0.25, 0.3) is 10.0 Å². The van der Waals surface area contributed by atoms with Gasteiger partial charge in [-0.15, -0.1) is 0 Å². The smallest absolute Gasteiger partial charge is 0.264 e. The van der Waals surface area contributed by atoms with Crippen LogP contribution in [0.1, 0.15) is 43.0 Å². The van der Waals surface area contributed by atoms with E-state index in [0.717, 1.165) is 31.0 Å². The molecule has 2 amide bonds. The molecule has 0 heterocycles. The summed E-state index contributed by atoms with van der Waals surface area (Å²) >= 11 is 3.46. The van der Waals surface area contributed by atoms with Crippen LogP contribution in [0.2, 0.25) is 0 Å². The Morgan fingerprint density at radius 1 is 0.923 bits per heavy atom. The van der Waals surface area contributed by atoms with Crippen molar-refractivity contribution in [1.29, 1.82) is 0 Å². The van der Waals surface area contributed by atoms with Gasteiger partial charge in [0.15, 0.2) is 0 Å². The second-order valence-corrected chi connectivity index (χ2v) is 12.8. The number of sulfonamides is 1. The Bertz CT molecular complexity index is 1440. The van der Waals surface area contributed by atoms with Gasteiger partial charge < -0.3 is 10.2 Å². The second-order valence-electron chi connectivity index (χ2n) is 10.0. The highest BCUT2D eigenvalue weighted by molar-refractivity contribution is 9.10. The zero-order valence-electron chi connectivity index (χ0n) is 23.2. The lowest BCUT2D eigenvalue weighted by Crippen LogP contribution is -2.52. The summed E-state index contributed by atoms with van der Waals surface area (Å²) in [4.78, 5) is 28.5. The van der Waals surface area contributed by atoms with Gasteiger partial charge >= 0.3 is 0 Å². The summed E-state index contributed by atoms with van der Waals surface area (Å²) in [5.74, 6) is -0.800. The topological polar surface area (TPSA) is 86.8 Å². The standard InChI is InChI=1S/C30H36BrN3O4S/c1-20(2)32-30(36)24(6)33(18-25-10-8-11-26(31)17-25)29(35)19-34(28-12-7-9-22(4)23(28)5)39(37,38)27-15-13-21(3)14-16-27/h7-17,20,24H,18-19H2,1-6H3,(H,32,36). The number of nitrogens with one attached hydrogen (secondary N) is 1. The molecule has 39 heavy (non-hydrogen) atoms. The fraction of sp³-hybridized carbons (Fsp3) is 0.333. The molecule has 0 spiro atoms. The molecule has 9 heteroatoms. The average Bonchev–Trinajstić information content (AvgIpc) is 2.87. The molecule has 3 rings (SSSR count). The largest absolute Gasteiger partial charge is 0.352 e. The number of hydrogen-bond donors (Lipinski definition) is 1. The third-order valence-corrected chi connectivity index (χ3v) is 8.84. The molecule has 1 N–H and O–H groups in total. The van der Waals surface area contributed by atoms with Crippen molar-refractivity contribution in [2.75, 3.05) is 10.8 Å². The van der Waals surface area contributed by atoms with Crippen LogP contribution >= 0.6 is 15.9 Å². The van der Waals surface area contributed by atoms with Crippen molar-refractivity contribution >= 4 is 43.5 Å². The number of carbonyl (C=O) groups is 2. The van der Waals surface area contributed by atoms with Gasteiger partial charge in [0.1, 0.15) is 12.6 Å². The number of amides is 2. The minimum atomic E-state index is -4.11. The molecule has 0 aromatic heterocycles. The minimum Gasteiger partial charge on any atom is -0.352 e. The predicted molar refractivity (Wildman–Crippen MR) is 159 cm³/mol. The van der Waals surface area contributed by atoms with E-state index in [2.05, 4.69) is 21.2 Å². The molecular weight excluding hydrogens is 578 g/mol. The minimum absolute atomic E-state index is 0.0888. The summed E-state index contributed by atoms with van der Waals surface area (Å²) in [7, 11) is -4.11. The first-order valence-electron chi connectivity index (χ1n) is 12.8. The lowest BCUT2D eigenvalue weighted by molar-refractivity contribution is -0.139. The molecule has 0 saturated carbocycles. The summed E-state index contributed by atoms with van der Waals surface area (Å²) in [5, 5.41) is 2.86. The molecule has 1 unspecified atom stereocenters. The Balaban J connectivity index is 2.08. The predicted octanol–water partition coefficient (Wildman–Crippen LogP) is 5.51. The van der Waals surface area contributed by atoms with Crippen molar-refractivity contribution in [3.05, 3.63) is 93.5 Å². The number of carbonyl (C=O) groups excluding carboxylic acids is 2. The van der Waals surface area contributed by atoms with Crippen LogP contribution in [0.5, 0.6) is 0 Å². The molecule has 3 aromatic carbocycles. The SMILES string of the molecule is Cc1ccc(S(=O)(=O)N(CC(=O)N(Cc2cccc(Br)c2)C(C)C(=O)NC(C)C)c2cccc(C)c2C)cc1. The van der Waals surface area contributed by atoms with E-state index in [1.54, 1.807) is 43.3 Å². The third-order valence-electron chi connectivity index (χ3n) is 6.57. The summed E-state index contributed by atoms with van der Waals surface area (Å²) in [6.07, 6.45) is 0. The van der Waals surface area contributed by atoms with Crippen LogP contribution in [0.3, 0.4) is 0 Å². The van der Waals surface area contributed by atoms with Crippen LogP contribution in [0.4, 0.5) is 5.69 Å². The third kappa shape index (κ3) is 7.48. The molecule has 0 radical (unpaired) electrons. The molecule has 0 bridgehead atoms. The maximum atomic E-state index is 14.0. The summed E-state index contributed by atoms with van der Waals surface area (Å²) < 4.78 is 30.0. The highest BCUT2D eigenvalue weighted by Gasteiger charge is 2.33. The Morgan fingerprint density at radius 2 is 1.56 bits per heavy atom. The first-order valence-corrected chi connectivity index (χ1v) is 15.0. The van der Waals surface area contributed by atoms with Crippen molar-refractivity contribution in [3.8, 4) is 0 Å². The van der Waals surface area contributed by atoms with E-state index in [0.29, 0.717) is 5.69 Å². The zero-order chi connectivity index (χ0) is 28.9. The van der Waals surface area contributed by atoms with E-state index in [9.17, 15) is 18.0 Å². The number of hydrogen-bond acceptors (Lipinski definition) is 4. The molecular formula is C30H36BrN3O4S. The molecule has 3 aromatic rings. The van der Waals surface area contributed by atoms with Gasteiger partial charge in [-0.3, -0.25) is 13.9 Å². The monoisotopic (exact) mass is 613 g/mol. The molecule has 0 aliphatic rings. The average molecular weight is 615 g/mol. The van der Waals surface area contributed by atoms with E-state index in [4.69, 9.17) is 0 Å². The molecule has 7 nitrogen and oxygen atoms in total. The number of rotatable bonds is 10. The van der Waals surface area contributed by atoms with E-state index in [1.165, 1.54) is 4.90 Å². The first-order chi connectivity index (χ1) is 18.3. The van der Waals surface area contributed by atoms with Gasteiger partial charge in [0, 0.05) is 17.1 Å². The van der Waals surface area contributed by atoms with E-state index in [-0.39, 0.29) is 23.4 Å². The van der Waals surface area contributed by atoms with Crippen molar-refractivity contribution in [1.82, 2.24) is 10.2 Å². The summed E-state index contributed by atoms with van der Waals surface area (Å²) in [6.45, 7) is 10.6. The quantitative estimate of drug-likeness (QED) is 0.326. The molecule has 208 valence electrons. The van der Waals surface area contributed by atoms with Crippen LogP contribution in [0, 0.1) is 20.8 Å². The van der Waals surface area contributed by atoms with Crippen LogP contribution in [-0.4, -0.2) is 43.8 Å². The van der Waals surface area contributed by atoms with Gasteiger partial charge in [0.2, 0.25) is 11.8 Å². The first kappa shape index (κ1) is 30.4. The normalized spacial score (nSPS) is 12.2. The fourth-order valence-corrected chi connectivity index (χ4v) is 6.09. The molecule has 0 aliphatic heterocycles. The molecule has 0 fully saturated rings. The van der Waals surface area contributed by atoms with Crippen molar-refractivity contribution in [2.45, 2.75) is 65.1 Å². The lowest BCUT2D eigenvalue weighted by atomic mass is 10.1. The van der Waals surface area contributed by atoms with Crippen molar-refractivity contribution in [2.24, 2.45) is 0 Å². The number of benzene rings is 3. The lowest BCUT2D eigenvalue weighted by Gasteiger charge is -2.33. The van der Waals surface area contributed by atoms with Crippen LogP contribution in [0.15, 0.2) is 76.1 Å². The Kier molecular flexibility index (Phi) is 9.96.